The highest BCUT2D eigenvalue weighted by Crippen LogP contribution is 2.36. The number of likely N-dealkylation sites (tertiary alicyclic amines) is 1. The summed E-state index contributed by atoms with van der Waals surface area (Å²) in [5.74, 6) is -1.22. The predicted molar refractivity (Wildman–Crippen MR) is 94.3 cm³/mol. The van der Waals surface area contributed by atoms with Crippen LogP contribution in [0.15, 0.2) is 54.6 Å². The molecule has 2 aromatic rings. The van der Waals surface area contributed by atoms with Crippen molar-refractivity contribution in [3.8, 4) is 0 Å². The number of hydrogen-bond donors (Lipinski definition) is 1. The number of carboxylic acid groups (broad SMARTS) is 1. The zero-order valence-electron chi connectivity index (χ0n) is 12.6. The number of benzene rings is 2. The Hall–Kier alpha value is -1.55. The minimum atomic E-state index is -0.750. The molecule has 1 saturated heterocycles. The molecule has 0 aromatic heterocycles. The SMILES string of the molecule is Cl.O=C(O)C1CN(Cc2ccccc2)CC1c1ccccc1Cl. The van der Waals surface area contributed by atoms with E-state index in [4.69, 9.17) is 11.6 Å². The van der Waals surface area contributed by atoms with E-state index in [2.05, 4.69) is 17.0 Å². The fraction of sp³-hybridized carbons (Fsp3) is 0.278. The maximum atomic E-state index is 11.6. The fourth-order valence-electron chi connectivity index (χ4n) is 3.20. The van der Waals surface area contributed by atoms with Crippen LogP contribution in [0.25, 0.3) is 0 Å². The molecule has 1 fully saturated rings. The summed E-state index contributed by atoms with van der Waals surface area (Å²) >= 11 is 6.27. The van der Waals surface area contributed by atoms with Gasteiger partial charge in [0.15, 0.2) is 0 Å². The molecule has 23 heavy (non-hydrogen) atoms. The van der Waals surface area contributed by atoms with E-state index in [1.807, 2.05) is 42.5 Å². The summed E-state index contributed by atoms with van der Waals surface area (Å²) in [6.07, 6.45) is 0. The Morgan fingerprint density at radius 3 is 2.39 bits per heavy atom. The number of nitrogens with zero attached hydrogens (tertiary/aromatic N) is 1. The van der Waals surface area contributed by atoms with Gasteiger partial charge < -0.3 is 5.11 Å². The van der Waals surface area contributed by atoms with Crippen LogP contribution in [0.3, 0.4) is 0 Å². The van der Waals surface area contributed by atoms with Gasteiger partial charge in [0, 0.05) is 30.6 Å². The molecule has 0 aliphatic carbocycles. The Bertz CT molecular complexity index is 663. The van der Waals surface area contributed by atoms with Crippen LogP contribution in [-0.4, -0.2) is 29.1 Å². The molecule has 3 rings (SSSR count). The minimum Gasteiger partial charge on any atom is -0.481 e. The molecule has 0 amide bonds. The van der Waals surface area contributed by atoms with Crippen molar-refractivity contribution in [3.05, 3.63) is 70.7 Å². The molecule has 5 heteroatoms. The van der Waals surface area contributed by atoms with E-state index < -0.39 is 11.9 Å². The Labute approximate surface area is 147 Å². The lowest BCUT2D eigenvalue weighted by atomic mass is 9.89. The van der Waals surface area contributed by atoms with Crippen molar-refractivity contribution in [2.75, 3.05) is 13.1 Å². The van der Waals surface area contributed by atoms with Crippen LogP contribution >= 0.6 is 24.0 Å². The van der Waals surface area contributed by atoms with Gasteiger partial charge in [0.2, 0.25) is 0 Å². The summed E-state index contributed by atoms with van der Waals surface area (Å²) in [4.78, 5) is 13.8. The monoisotopic (exact) mass is 351 g/mol. The molecule has 3 nitrogen and oxygen atoms in total. The van der Waals surface area contributed by atoms with Crippen molar-refractivity contribution < 1.29 is 9.90 Å². The molecule has 2 aromatic carbocycles. The van der Waals surface area contributed by atoms with Crippen LogP contribution in [-0.2, 0) is 11.3 Å². The average Bonchev–Trinajstić information content (AvgIpc) is 2.92. The van der Waals surface area contributed by atoms with Crippen molar-refractivity contribution >= 4 is 30.0 Å². The second-order valence-corrected chi connectivity index (χ2v) is 6.16. The maximum Gasteiger partial charge on any atom is 0.308 e. The van der Waals surface area contributed by atoms with E-state index in [1.165, 1.54) is 5.56 Å². The van der Waals surface area contributed by atoms with Crippen LogP contribution in [0.5, 0.6) is 0 Å². The van der Waals surface area contributed by atoms with Gasteiger partial charge >= 0.3 is 5.97 Å². The average molecular weight is 352 g/mol. The Morgan fingerprint density at radius 1 is 1.09 bits per heavy atom. The van der Waals surface area contributed by atoms with E-state index >= 15 is 0 Å². The lowest BCUT2D eigenvalue weighted by Gasteiger charge is -2.17. The number of halogens is 2. The molecular weight excluding hydrogens is 333 g/mol. The molecule has 0 spiro atoms. The second kappa shape index (κ2) is 7.82. The number of aliphatic carboxylic acids is 1. The molecule has 0 bridgehead atoms. The van der Waals surface area contributed by atoms with Gasteiger partial charge in [-0.05, 0) is 17.2 Å². The minimum absolute atomic E-state index is 0. The van der Waals surface area contributed by atoms with E-state index in [9.17, 15) is 9.90 Å². The molecule has 0 saturated carbocycles. The van der Waals surface area contributed by atoms with Crippen LogP contribution in [0.4, 0.5) is 0 Å². The van der Waals surface area contributed by atoms with Crippen molar-refractivity contribution in [3.63, 3.8) is 0 Å². The molecule has 1 N–H and O–H groups in total. The first kappa shape index (κ1) is 17.8. The van der Waals surface area contributed by atoms with Crippen molar-refractivity contribution in [1.82, 2.24) is 4.90 Å². The van der Waals surface area contributed by atoms with Crippen molar-refractivity contribution in [2.45, 2.75) is 12.5 Å². The molecule has 122 valence electrons. The molecule has 2 atom stereocenters. The molecule has 0 radical (unpaired) electrons. The molecule has 1 heterocycles. The first-order valence-corrected chi connectivity index (χ1v) is 7.76. The highest BCUT2D eigenvalue weighted by atomic mass is 35.5. The van der Waals surface area contributed by atoms with Gasteiger partial charge in [-0.3, -0.25) is 9.69 Å². The first-order valence-electron chi connectivity index (χ1n) is 7.38. The Balaban J connectivity index is 0.00000192. The zero-order valence-corrected chi connectivity index (χ0v) is 14.1. The van der Waals surface area contributed by atoms with Gasteiger partial charge in [-0.2, -0.15) is 0 Å². The molecule has 2 unspecified atom stereocenters. The molecular formula is C18H19Cl2NO2. The summed E-state index contributed by atoms with van der Waals surface area (Å²) in [6, 6.07) is 17.7. The highest BCUT2D eigenvalue weighted by molar-refractivity contribution is 6.31. The number of carbonyl (C=O) groups is 1. The van der Waals surface area contributed by atoms with Crippen LogP contribution < -0.4 is 0 Å². The van der Waals surface area contributed by atoms with Gasteiger partial charge in [0.05, 0.1) is 5.92 Å². The largest absolute Gasteiger partial charge is 0.481 e. The first-order chi connectivity index (χ1) is 10.6. The predicted octanol–water partition coefficient (Wildman–Crippen LogP) is 4.06. The van der Waals surface area contributed by atoms with Gasteiger partial charge in [-0.25, -0.2) is 0 Å². The van der Waals surface area contributed by atoms with Crippen LogP contribution in [0.2, 0.25) is 5.02 Å². The number of rotatable bonds is 4. The number of hydrogen-bond acceptors (Lipinski definition) is 2. The standard InChI is InChI=1S/C18H18ClNO2.ClH/c19-17-9-5-4-8-14(17)15-11-20(12-16(15)18(21)22)10-13-6-2-1-3-7-13;/h1-9,15-16H,10-12H2,(H,21,22);1H. The van der Waals surface area contributed by atoms with Gasteiger partial charge in [-0.1, -0.05) is 60.1 Å². The van der Waals surface area contributed by atoms with E-state index in [0.717, 1.165) is 18.7 Å². The quantitative estimate of drug-likeness (QED) is 0.902. The van der Waals surface area contributed by atoms with Gasteiger partial charge in [-0.15, -0.1) is 12.4 Å². The molecule has 1 aliphatic rings. The highest BCUT2D eigenvalue weighted by Gasteiger charge is 2.39. The summed E-state index contributed by atoms with van der Waals surface area (Å²) < 4.78 is 0. The fourth-order valence-corrected chi connectivity index (χ4v) is 3.47. The van der Waals surface area contributed by atoms with E-state index in [1.54, 1.807) is 0 Å². The summed E-state index contributed by atoms with van der Waals surface area (Å²) in [6.45, 7) is 2.04. The topological polar surface area (TPSA) is 40.5 Å². The normalized spacial score (nSPS) is 20.9. The zero-order chi connectivity index (χ0) is 15.5. The van der Waals surface area contributed by atoms with Gasteiger partial charge in [0.25, 0.3) is 0 Å². The summed E-state index contributed by atoms with van der Waals surface area (Å²) in [5, 5.41) is 10.2. The second-order valence-electron chi connectivity index (χ2n) is 5.75. The Kier molecular flexibility index (Phi) is 6.05. The summed E-state index contributed by atoms with van der Waals surface area (Å²) in [5.41, 5.74) is 2.14. The smallest absolute Gasteiger partial charge is 0.308 e. The lowest BCUT2D eigenvalue weighted by Crippen LogP contribution is -2.23. The van der Waals surface area contributed by atoms with Crippen LogP contribution in [0.1, 0.15) is 17.0 Å². The Morgan fingerprint density at radius 2 is 1.74 bits per heavy atom. The van der Waals surface area contributed by atoms with Crippen molar-refractivity contribution in [1.29, 1.82) is 0 Å². The maximum absolute atomic E-state index is 11.6. The van der Waals surface area contributed by atoms with E-state index in [-0.39, 0.29) is 18.3 Å². The van der Waals surface area contributed by atoms with Crippen molar-refractivity contribution in [2.24, 2.45) is 5.92 Å². The third kappa shape index (κ3) is 4.05. The van der Waals surface area contributed by atoms with Crippen LogP contribution in [0, 0.1) is 5.92 Å². The lowest BCUT2D eigenvalue weighted by molar-refractivity contribution is -0.141. The van der Waals surface area contributed by atoms with E-state index in [0.29, 0.717) is 11.6 Å². The number of carboxylic acids is 1. The van der Waals surface area contributed by atoms with Gasteiger partial charge in [0.1, 0.15) is 0 Å². The summed E-state index contributed by atoms with van der Waals surface area (Å²) in [7, 11) is 0. The molecule has 1 aliphatic heterocycles. The third-order valence-corrected chi connectivity index (χ3v) is 4.61. The third-order valence-electron chi connectivity index (χ3n) is 4.27.